The Hall–Kier alpha value is -3.45. The number of thiazole rings is 1. The van der Waals surface area contributed by atoms with Crippen molar-refractivity contribution in [1.29, 1.82) is 0 Å². The highest BCUT2D eigenvalue weighted by Crippen LogP contribution is 2.24. The quantitative estimate of drug-likeness (QED) is 0.435. The molecule has 7 heteroatoms. The number of pyridine rings is 2. The minimum absolute atomic E-state index is 0.299. The van der Waals surface area contributed by atoms with Gasteiger partial charge in [0.1, 0.15) is 0 Å². The van der Waals surface area contributed by atoms with Gasteiger partial charge >= 0.3 is 0 Å². The van der Waals surface area contributed by atoms with Gasteiger partial charge < -0.3 is 0 Å². The number of aromatic nitrogens is 3. The van der Waals surface area contributed by atoms with Gasteiger partial charge in [-0.1, -0.05) is 18.2 Å². The predicted octanol–water partition coefficient (Wildman–Crippen LogP) is 3.83. The molecule has 0 bridgehead atoms. The lowest BCUT2D eigenvalue weighted by Gasteiger charge is -2.08. The average molecular weight is 373 g/mol. The molecule has 1 amide bonds. The van der Waals surface area contributed by atoms with E-state index in [1.54, 1.807) is 18.5 Å². The maximum Gasteiger partial charge on any atom is 0.272 e. The second-order valence-electron chi connectivity index (χ2n) is 5.80. The number of amides is 1. The molecule has 3 heterocycles. The van der Waals surface area contributed by atoms with E-state index in [1.807, 2.05) is 48.7 Å². The first-order valence-corrected chi connectivity index (χ1v) is 9.14. The molecular formula is C20H15N5OS. The fraction of sp³-hybridized carbons (Fsp3) is 0.0500. The third-order valence-corrected chi connectivity index (χ3v) is 4.73. The molecule has 4 aromatic rings. The zero-order chi connectivity index (χ0) is 18.6. The number of nitrogens with one attached hydrogen (secondary N) is 1. The van der Waals surface area contributed by atoms with E-state index < -0.39 is 0 Å². The lowest BCUT2D eigenvalue weighted by molar-refractivity contribution is 0.0957. The number of aryl methyl sites for hydroxylation is 1. The number of hydrogen-bond acceptors (Lipinski definition) is 6. The number of carbonyl (C=O) groups excluding carboxylic acids is 1. The summed E-state index contributed by atoms with van der Waals surface area (Å²) in [7, 11) is 0. The van der Waals surface area contributed by atoms with Crippen LogP contribution in [0, 0.1) is 6.92 Å². The fourth-order valence-electron chi connectivity index (χ4n) is 2.69. The standard InChI is InChI=1S/C20H15N5OS/c1-13-23-15(12-27-13)11-22-25-20(26)17-10-19(14-6-8-21-9-7-14)24-18-5-3-2-4-16(17)18/h2-12H,1H3,(H,25,26)/b22-11+. The monoisotopic (exact) mass is 373 g/mol. The van der Waals surface area contributed by atoms with Gasteiger partial charge in [-0.25, -0.2) is 15.4 Å². The van der Waals surface area contributed by atoms with Crippen LogP contribution in [0.1, 0.15) is 21.1 Å². The average Bonchev–Trinajstić information content (AvgIpc) is 3.12. The molecule has 0 aliphatic heterocycles. The summed E-state index contributed by atoms with van der Waals surface area (Å²) in [6.07, 6.45) is 4.94. The third-order valence-electron chi connectivity index (χ3n) is 3.94. The number of nitrogens with zero attached hydrogens (tertiary/aromatic N) is 4. The van der Waals surface area contributed by atoms with Crippen molar-refractivity contribution >= 4 is 34.4 Å². The highest BCUT2D eigenvalue weighted by Gasteiger charge is 2.13. The Morgan fingerprint density at radius 3 is 2.74 bits per heavy atom. The summed E-state index contributed by atoms with van der Waals surface area (Å²) in [5.41, 5.74) is 6.16. The summed E-state index contributed by atoms with van der Waals surface area (Å²) in [5, 5.41) is 7.63. The molecule has 1 N–H and O–H groups in total. The topological polar surface area (TPSA) is 80.1 Å². The van der Waals surface area contributed by atoms with Crippen LogP contribution >= 0.6 is 11.3 Å². The van der Waals surface area contributed by atoms with Crippen molar-refractivity contribution in [2.45, 2.75) is 6.92 Å². The van der Waals surface area contributed by atoms with Gasteiger partial charge in [-0.3, -0.25) is 9.78 Å². The predicted molar refractivity (Wildman–Crippen MR) is 107 cm³/mol. The van der Waals surface area contributed by atoms with Gasteiger partial charge in [0.2, 0.25) is 0 Å². The second kappa shape index (κ2) is 7.43. The van der Waals surface area contributed by atoms with Crippen molar-refractivity contribution < 1.29 is 4.79 Å². The Balaban J connectivity index is 1.69. The van der Waals surface area contributed by atoms with Crippen LogP contribution in [-0.2, 0) is 0 Å². The van der Waals surface area contributed by atoms with E-state index in [-0.39, 0.29) is 5.91 Å². The van der Waals surface area contributed by atoms with Gasteiger partial charge in [0.25, 0.3) is 5.91 Å². The Labute approximate surface area is 159 Å². The molecule has 6 nitrogen and oxygen atoms in total. The van der Waals surface area contributed by atoms with Crippen LogP contribution in [0.2, 0.25) is 0 Å². The van der Waals surface area contributed by atoms with E-state index in [0.29, 0.717) is 11.3 Å². The summed E-state index contributed by atoms with van der Waals surface area (Å²) in [4.78, 5) is 25.7. The van der Waals surface area contributed by atoms with E-state index in [2.05, 4.69) is 25.5 Å². The van der Waals surface area contributed by atoms with E-state index >= 15 is 0 Å². The molecule has 1 aromatic carbocycles. The molecule has 0 spiro atoms. The number of benzene rings is 1. The number of para-hydroxylation sites is 1. The Morgan fingerprint density at radius 1 is 1.15 bits per heavy atom. The maximum atomic E-state index is 12.8. The zero-order valence-electron chi connectivity index (χ0n) is 14.5. The van der Waals surface area contributed by atoms with Crippen molar-refractivity contribution in [3.8, 4) is 11.3 Å². The van der Waals surface area contributed by atoms with E-state index in [9.17, 15) is 4.79 Å². The SMILES string of the molecule is Cc1nc(/C=N/NC(=O)c2cc(-c3ccncc3)nc3ccccc23)cs1. The first-order valence-electron chi connectivity index (χ1n) is 8.26. The minimum Gasteiger partial charge on any atom is -0.267 e. The van der Waals surface area contributed by atoms with Crippen LogP contribution < -0.4 is 5.43 Å². The molecule has 0 aliphatic rings. The molecule has 0 saturated carbocycles. The van der Waals surface area contributed by atoms with Gasteiger partial charge in [0, 0.05) is 28.7 Å². The van der Waals surface area contributed by atoms with E-state index in [0.717, 1.165) is 27.2 Å². The van der Waals surface area contributed by atoms with Crippen molar-refractivity contribution in [2.24, 2.45) is 5.10 Å². The van der Waals surface area contributed by atoms with Crippen LogP contribution in [-0.4, -0.2) is 27.1 Å². The molecular weight excluding hydrogens is 358 g/mol. The van der Waals surface area contributed by atoms with Gasteiger partial charge in [-0.15, -0.1) is 11.3 Å². The normalized spacial score (nSPS) is 11.1. The number of hydrogen-bond donors (Lipinski definition) is 1. The summed E-state index contributed by atoms with van der Waals surface area (Å²) in [5.74, 6) is -0.299. The van der Waals surface area contributed by atoms with Crippen LogP contribution in [0.15, 0.2) is 65.3 Å². The summed E-state index contributed by atoms with van der Waals surface area (Å²) >= 11 is 1.53. The van der Waals surface area contributed by atoms with E-state index in [4.69, 9.17) is 0 Å². The van der Waals surface area contributed by atoms with Crippen LogP contribution in [0.5, 0.6) is 0 Å². The third kappa shape index (κ3) is 3.73. The molecule has 0 aliphatic carbocycles. The molecule has 4 rings (SSSR count). The second-order valence-corrected chi connectivity index (χ2v) is 6.86. The van der Waals surface area contributed by atoms with Crippen molar-refractivity contribution in [3.63, 3.8) is 0 Å². The number of carbonyl (C=O) groups is 1. The first-order chi connectivity index (χ1) is 13.2. The lowest BCUT2D eigenvalue weighted by Crippen LogP contribution is -2.18. The fourth-order valence-corrected chi connectivity index (χ4v) is 3.25. The summed E-state index contributed by atoms with van der Waals surface area (Å²) in [6, 6.07) is 13.0. The summed E-state index contributed by atoms with van der Waals surface area (Å²) in [6.45, 7) is 1.92. The van der Waals surface area contributed by atoms with Crippen LogP contribution in [0.25, 0.3) is 22.2 Å². The highest BCUT2D eigenvalue weighted by atomic mass is 32.1. The molecule has 0 saturated heterocycles. The van der Waals surface area contributed by atoms with Crippen LogP contribution in [0.3, 0.4) is 0 Å². The molecule has 3 aromatic heterocycles. The molecule has 132 valence electrons. The number of fused-ring (bicyclic) bond motifs is 1. The maximum absolute atomic E-state index is 12.8. The minimum atomic E-state index is -0.299. The van der Waals surface area contributed by atoms with Gasteiger partial charge in [0.05, 0.1) is 33.7 Å². The van der Waals surface area contributed by atoms with Gasteiger partial charge in [-0.05, 0) is 31.2 Å². The smallest absolute Gasteiger partial charge is 0.267 e. The Bertz CT molecular complexity index is 1140. The highest BCUT2D eigenvalue weighted by molar-refractivity contribution is 7.09. The Morgan fingerprint density at radius 2 is 1.96 bits per heavy atom. The first kappa shape index (κ1) is 17.0. The summed E-state index contributed by atoms with van der Waals surface area (Å²) < 4.78 is 0. The number of rotatable bonds is 4. The van der Waals surface area contributed by atoms with Crippen molar-refractivity contribution in [3.05, 3.63) is 76.5 Å². The molecule has 27 heavy (non-hydrogen) atoms. The molecule has 0 fully saturated rings. The number of hydrazone groups is 1. The molecule has 0 atom stereocenters. The van der Waals surface area contributed by atoms with Gasteiger partial charge in [-0.2, -0.15) is 5.10 Å². The van der Waals surface area contributed by atoms with Crippen LogP contribution in [0.4, 0.5) is 0 Å². The van der Waals surface area contributed by atoms with Crippen molar-refractivity contribution in [1.82, 2.24) is 20.4 Å². The molecule has 0 unspecified atom stereocenters. The van der Waals surface area contributed by atoms with E-state index in [1.165, 1.54) is 17.6 Å². The zero-order valence-corrected chi connectivity index (χ0v) is 15.3. The molecule has 0 radical (unpaired) electrons. The Kier molecular flexibility index (Phi) is 4.67. The van der Waals surface area contributed by atoms with Gasteiger partial charge in [0.15, 0.2) is 0 Å². The largest absolute Gasteiger partial charge is 0.272 e. The van der Waals surface area contributed by atoms with Crippen molar-refractivity contribution in [2.75, 3.05) is 0 Å². The lowest BCUT2D eigenvalue weighted by atomic mass is 10.0.